The highest BCUT2D eigenvalue weighted by Gasteiger charge is 2.17. The normalized spacial score (nSPS) is 24.5. The molecule has 98 valence electrons. The highest BCUT2D eigenvalue weighted by molar-refractivity contribution is 5.79. The molecule has 1 heterocycles. The Morgan fingerprint density at radius 3 is 2.12 bits per heavy atom. The van der Waals surface area contributed by atoms with Gasteiger partial charge in [0, 0.05) is 13.1 Å². The first-order valence-corrected chi connectivity index (χ1v) is 7.19. The minimum Gasteiger partial charge on any atom is -0.342 e. The molecule has 0 unspecified atom stereocenters. The van der Waals surface area contributed by atoms with Crippen LogP contribution in [0.1, 0.15) is 57.8 Å². The molecule has 1 saturated heterocycles. The van der Waals surface area contributed by atoms with Gasteiger partial charge in [-0.15, -0.1) is 0 Å². The molecule has 0 radical (unpaired) electrons. The zero-order valence-electron chi connectivity index (χ0n) is 10.8. The molecule has 1 saturated carbocycles. The molecular formula is C13H26N4. The number of hydrazine groups is 1. The summed E-state index contributed by atoms with van der Waals surface area (Å²) in [5.41, 5.74) is 2.82. The van der Waals surface area contributed by atoms with E-state index in [1.807, 2.05) is 0 Å². The van der Waals surface area contributed by atoms with Gasteiger partial charge in [-0.3, -0.25) is 5.43 Å². The lowest BCUT2D eigenvalue weighted by atomic mass is 9.96. The molecule has 4 nitrogen and oxygen atoms in total. The van der Waals surface area contributed by atoms with E-state index >= 15 is 0 Å². The lowest BCUT2D eigenvalue weighted by Gasteiger charge is -2.26. The second-order valence-electron chi connectivity index (χ2n) is 5.29. The zero-order valence-corrected chi connectivity index (χ0v) is 10.8. The summed E-state index contributed by atoms with van der Waals surface area (Å²) in [6, 6.07) is 0.498. The lowest BCUT2D eigenvalue weighted by Crippen LogP contribution is -2.46. The average Bonchev–Trinajstić information content (AvgIpc) is 2.66. The molecule has 1 aliphatic carbocycles. The van der Waals surface area contributed by atoms with Crippen molar-refractivity contribution >= 4 is 5.96 Å². The summed E-state index contributed by atoms with van der Waals surface area (Å²) < 4.78 is 0. The molecule has 17 heavy (non-hydrogen) atoms. The van der Waals surface area contributed by atoms with Crippen LogP contribution in [-0.4, -0.2) is 30.0 Å². The molecule has 0 bridgehead atoms. The van der Waals surface area contributed by atoms with E-state index in [-0.39, 0.29) is 0 Å². The van der Waals surface area contributed by atoms with Crippen LogP contribution < -0.4 is 11.3 Å². The second kappa shape index (κ2) is 6.84. The van der Waals surface area contributed by atoms with E-state index in [0.717, 1.165) is 19.0 Å². The first kappa shape index (κ1) is 12.7. The number of likely N-dealkylation sites (tertiary alicyclic amines) is 1. The van der Waals surface area contributed by atoms with Crippen LogP contribution in [0, 0.1) is 0 Å². The molecule has 0 aromatic carbocycles. The monoisotopic (exact) mass is 238 g/mol. The van der Waals surface area contributed by atoms with Crippen LogP contribution in [0.25, 0.3) is 0 Å². The van der Waals surface area contributed by atoms with Gasteiger partial charge >= 0.3 is 0 Å². The fourth-order valence-electron chi connectivity index (χ4n) is 2.88. The number of hydrogen-bond acceptors (Lipinski definition) is 2. The van der Waals surface area contributed by atoms with Gasteiger partial charge in [0.1, 0.15) is 0 Å². The topological polar surface area (TPSA) is 53.6 Å². The number of nitrogens with zero attached hydrogens (tertiary/aromatic N) is 2. The Bertz CT molecular complexity index is 238. The summed E-state index contributed by atoms with van der Waals surface area (Å²) in [4.78, 5) is 7.16. The van der Waals surface area contributed by atoms with Crippen molar-refractivity contribution in [2.24, 2.45) is 10.8 Å². The third-order valence-corrected chi connectivity index (χ3v) is 3.91. The first-order chi connectivity index (χ1) is 8.40. The van der Waals surface area contributed by atoms with Gasteiger partial charge in [0.05, 0.1) is 6.04 Å². The van der Waals surface area contributed by atoms with Crippen LogP contribution in [0.3, 0.4) is 0 Å². The van der Waals surface area contributed by atoms with Crippen molar-refractivity contribution in [2.45, 2.75) is 63.8 Å². The minimum atomic E-state index is 0.498. The van der Waals surface area contributed by atoms with Crippen molar-refractivity contribution in [1.29, 1.82) is 0 Å². The lowest BCUT2D eigenvalue weighted by molar-refractivity contribution is 0.398. The Morgan fingerprint density at radius 2 is 1.53 bits per heavy atom. The summed E-state index contributed by atoms with van der Waals surface area (Å²) in [6.45, 7) is 2.21. The van der Waals surface area contributed by atoms with E-state index in [2.05, 4.69) is 10.3 Å². The van der Waals surface area contributed by atoms with Crippen LogP contribution in [0.15, 0.2) is 4.99 Å². The van der Waals surface area contributed by atoms with Gasteiger partial charge in [-0.1, -0.05) is 32.1 Å². The average molecular weight is 238 g/mol. The van der Waals surface area contributed by atoms with Crippen LogP contribution in [-0.2, 0) is 0 Å². The number of aliphatic imine (C=N–C) groups is 1. The maximum absolute atomic E-state index is 5.65. The smallest absolute Gasteiger partial charge is 0.208 e. The molecule has 0 atom stereocenters. The first-order valence-electron chi connectivity index (χ1n) is 7.19. The van der Waals surface area contributed by atoms with Gasteiger partial charge in [-0.25, -0.2) is 10.8 Å². The molecular weight excluding hydrogens is 212 g/mol. The maximum atomic E-state index is 5.65. The molecule has 3 N–H and O–H groups in total. The highest BCUT2D eigenvalue weighted by Crippen LogP contribution is 2.20. The van der Waals surface area contributed by atoms with Gasteiger partial charge < -0.3 is 4.90 Å². The standard InChI is InChI=1S/C13H26N4/c14-16-13(15-12-8-4-3-5-9-12)17-10-6-1-2-7-11-17/h12H,1-11,14H2,(H,15,16). The maximum Gasteiger partial charge on any atom is 0.208 e. The van der Waals surface area contributed by atoms with Crippen molar-refractivity contribution < 1.29 is 0 Å². The largest absolute Gasteiger partial charge is 0.342 e. The quantitative estimate of drug-likeness (QED) is 0.318. The molecule has 2 aliphatic rings. The van der Waals surface area contributed by atoms with E-state index < -0.39 is 0 Å². The molecule has 1 aliphatic heterocycles. The fraction of sp³-hybridized carbons (Fsp3) is 0.923. The van der Waals surface area contributed by atoms with Crippen LogP contribution >= 0.6 is 0 Å². The minimum absolute atomic E-state index is 0.498. The Morgan fingerprint density at radius 1 is 0.941 bits per heavy atom. The SMILES string of the molecule is NNC(=NC1CCCCC1)N1CCCCCC1. The van der Waals surface area contributed by atoms with Crippen molar-refractivity contribution in [3.8, 4) is 0 Å². The number of hydrogen-bond donors (Lipinski definition) is 2. The second-order valence-corrected chi connectivity index (χ2v) is 5.29. The van der Waals surface area contributed by atoms with E-state index in [4.69, 9.17) is 10.8 Å². The van der Waals surface area contributed by atoms with Gasteiger partial charge in [0.2, 0.25) is 5.96 Å². The summed E-state index contributed by atoms with van der Waals surface area (Å²) in [5.74, 6) is 6.58. The molecule has 2 fully saturated rings. The highest BCUT2D eigenvalue weighted by atomic mass is 15.4. The molecule has 2 rings (SSSR count). The Labute approximate surface area is 105 Å². The third-order valence-electron chi connectivity index (χ3n) is 3.91. The van der Waals surface area contributed by atoms with E-state index in [1.165, 1.54) is 57.8 Å². The summed E-state index contributed by atoms with van der Waals surface area (Å²) >= 11 is 0. The van der Waals surface area contributed by atoms with Crippen molar-refractivity contribution in [3.05, 3.63) is 0 Å². The Balaban J connectivity index is 1.94. The summed E-state index contributed by atoms with van der Waals surface area (Å²) in [7, 11) is 0. The summed E-state index contributed by atoms with van der Waals surface area (Å²) in [5, 5.41) is 0. The predicted octanol–water partition coefficient (Wildman–Crippen LogP) is 2.01. The van der Waals surface area contributed by atoms with Crippen molar-refractivity contribution in [1.82, 2.24) is 10.3 Å². The van der Waals surface area contributed by atoms with E-state index in [0.29, 0.717) is 6.04 Å². The number of rotatable bonds is 1. The fourth-order valence-corrected chi connectivity index (χ4v) is 2.88. The van der Waals surface area contributed by atoms with Crippen LogP contribution in [0.5, 0.6) is 0 Å². The van der Waals surface area contributed by atoms with Gasteiger partial charge in [0.25, 0.3) is 0 Å². The van der Waals surface area contributed by atoms with Gasteiger partial charge in [-0.2, -0.15) is 0 Å². The molecule has 0 aromatic heterocycles. The molecule has 0 spiro atoms. The van der Waals surface area contributed by atoms with Gasteiger partial charge in [0.15, 0.2) is 0 Å². The number of nitrogens with one attached hydrogen (secondary N) is 1. The van der Waals surface area contributed by atoms with Crippen molar-refractivity contribution in [2.75, 3.05) is 13.1 Å². The molecule has 4 heteroatoms. The van der Waals surface area contributed by atoms with Gasteiger partial charge in [-0.05, 0) is 25.7 Å². The number of nitrogens with two attached hydrogens (primary N) is 1. The zero-order chi connectivity index (χ0) is 11.9. The Hall–Kier alpha value is -0.770. The molecule has 0 amide bonds. The van der Waals surface area contributed by atoms with Crippen LogP contribution in [0.4, 0.5) is 0 Å². The van der Waals surface area contributed by atoms with Crippen molar-refractivity contribution in [3.63, 3.8) is 0 Å². The third kappa shape index (κ3) is 3.87. The predicted molar refractivity (Wildman–Crippen MR) is 71.7 cm³/mol. The molecule has 0 aromatic rings. The van der Waals surface area contributed by atoms with Crippen LogP contribution in [0.2, 0.25) is 0 Å². The van der Waals surface area contributed by atoms with E-state index in [9.17, 15) is 0 Å². The number of guanidine groups is 1. The summed E-state index contributed by atoms with van der Waals surface area (Å²) in [6.07, 6.45) is 11.7. The Kier molecular flexibility index (Phi) is 5.10. The van der Waals surface area contributed by atoms with E-state index in [1.54, 1.807) is 0 Å².